The normalized spacial score (nSPS) is 17.3. The molecule has 7 nitrogen and oxygen atoms in total. The van der Waals surface area contributed by atoms with Gasteiger partial charge in [-0.1, -0.05) is 36.4 Å². The summed E-state index contributed by atoms with van der Waals surface area (Å²) in [5.41, 5.74) is 3.41. The van der Waals surface area contributed by atoms with Crippen LogP contribution in [0, 0.1) is 0 Å². The molecule has 35 heavy (non-hydrogen) atoms. The number of thiocarbonyl (C=S) groups is 1. The van der Waals surface area contributed by atoms with Gasteiger partial charge in [-0.15, -0.1) is 0 Å². The van der Waals surface area contributed by atoms with Crippen molar-refractivity contribution in [3.8, 4) is 11.3 Å². The molecular formula is C27H24N4O3S. The molecule has 1 aliphatic heterocycles. The van der Waals surface area contributed by atoms with Crippen LogP contribution in [0.3, 0.4) is 0 Å². The molecule has 0 spiro atoms. The minimum Gasteiger partial charge on any atom is -0.459 e. The van der Waals surface area contributed by atoms with Gasteiger partial charge in [0.15, 0.2) is 5.11 Å². The van der Waals surface area contributed by atoms with Gasteiger partial charge >= 0.3 is 0 Å². The molecule has 0 radical (unpaired) electrons. The Morgan fingerprint density at radius 1 is 1.06 bits per heavy atom. The number of methoxy groups -OCH3 is 1. The molecule has 2 atom stereocenters. The second kappa shape index (κ2) is 10.1. The minimum atomic E-state index is -0.260. The molecule has 5 rings (SSSR count). The number of hydrogen-bond acceptors (Lipinski definition) is 5. The summed E-state index contributed by atoms with van der Waals surface area (Å²) in [5, 5.41) is 6.81. The van der Waals surface area contributed by atoms with E-state index in [4.69, 9.17) is 21.4 Å². The van der Waals surface area contributed by atoms with Crippen LogP contribution in [-0.4, -0.2) is 29.7 Å². The van der Waals surface area contributed by atoms with Gasteiger partial charge in [-0.25, -0.2) is 0 Å². The van der Waals surface area contributed by atoms with E-state index in [0.29, 0.717) is 10.8 Å². The average molecular weight is 485 g/mol. The summed E-state index contributed by atoms with van der Waals surface area (Å²) in [5.74, 6) is 1.34. The number of carbonyl (C=O) groups is 1. The maximum Gasteiger partial charge on any atom is 0.250 e. The molecule has 1 amide bonds. The van der Waals surface area contributed by atoms with E-state index in [1.807, 2.05) is 89.8 Å². The largest absolute Gasteiger partial charge is 0.459 e. The number of hydrogen-bond donors (Lipinski definition) is 2. The first-order chi connectivity index (χ1) is 17.1. The van der Waals surface area contributed by atoms with E-state index in [-0.39, 0.29) is 24.6 Å². The summed E-state index contributed by atoms with van der Waals surface area (Å²) in [6.45, 7) is -0.00203. The molecule has 8 heteroatoms. The summed E-state index contributed by atoms with van der Waals surface area (Å²) in [6, 6.07) is 26.8. The van der Waals surface area contributed by atoms with Gasteiger partial charge < -0.3 is 24.7 Å². The first kappa shape index (κ1) is 22.8. The fourth-order valence-electron chi connectivity index (χ4n) is 4.22. The molecule has 3 heterocycles. The Bertz CT molecular complexity index is 1310. The van der Waals surface area contributed by atoms with Gasteiger partial charge in [0.2, 0.25) is 5.91 Å². The van der Waals surface area contributed by atoms with E-state index < -0.39 is 0 Å². The van der Waals surface area contributed by atoms with E-state index >= 15 is 0 Å². The van der Waals surface area contributed by atoms with Crippen LogP contribution in [0.25, 0.3) is 11.3 Å². The third-order valence-electron chi connectivity index (χ3n) is 5.78. The summed E-state index contributed by atoms with van der Waals surface area (Å²) in [4.78, 5) is 18.5. The van der Waals surface area contributed by atoms with Crippen LogP contribution in [0.2, 0.25) is 0 Å². The predicted octanol–water partition coefficient (Wildman–Crippen LogP) is 5.10. The number of aromatic nitrogens is 1. The smallest absolute Gasteiger partial charge is 0.250 e. The molecule has 1 aliphatic rings. The fraction of sp³-hybridized carbons (Fsp3) is 0.148. The molecular weight excluding hydrogens is 460 g/mol. The van der Waals surface area contributed by atoms with Gasteiger partial charge in [-0.05, 0) is 60.7 Å². The van der Waals surface area contributed by atoms with Crippen molar-refractivity contribution < 1.29 is 13.9 Å². The van der Waals surface area contributed by atoms with Gasteiger partial charge in [-0.3, -0.25) is 9.78 Å². The lowest BCUT2D eigenvalue weighted by molar-refractivity contribution is -0.119. The molecule has 0 aliphatic carbocycles. The molecule has 0 saturated carbocycles. The number of nitrogens with zero attached hydrogens (tertiary/aromatic N) is 2. The van der Waals surface area contributed by atoms with E-state index in [0.717, 1.165) is 28.5 Å². The van der Waals surface area contributed by atoms with Gasteiger partial charge in [0.05, 0.1) is 11.7 Å². The van der Waals surface area contributed by atoms with E-state index in [2.05, 4.69) is 15.6 Å². The summed E-state index contributed by atoms with van der Waals surface area (Å²) in [6.07, 6.45) is 1.77. The van der Waals surface area contributed by atoms with Crippen molar-refractivity contribution >= 4 is 34.6 Å². The van der Waals surface area contributed by atoms with Gasteiger partial charge in [0.25, 0.3) is 0 Å². The lowest BCUT2D eigenvalue weighted by Gasteiger charge is -2.26. The zero-order valence-electron chi connectivity index (χ0n) is 19.0. The third kappa shape index (κ3) is 4.80. The Morgan fingerprint density at radius 3 is 2.54 bits per heavy atom. The highest BCUT2D eigenvalue weighted by molar-refractivity contribution is 7.80. The molecule has 2 aromatic carbocycles. The molecule has 4 aromatic rings. The molecule has 2 N–H and O–H groups in total. The van der Waals surface area contributed by atoms with Crippen LogP contribution in [0.5, 0.6) is 0 Å². The number of furan rings is 1. The van der Waals surface area contributed by atoms with Crippen molar-refractivity contribution in [3.05, 3.63) is 103 Å². The van der Waals surface area contributed by atoms with Gasteiger partial charge in [0.1, 0.15) is 24.2 Å². The van der Waals surface area contributed by atoms with E-state index in [9.17, 15) is 4.79 Å². The maximum absolute atomic E-state index is 11.9. The number of pyridine rings is 1. The Morgan fingerprint density at radius 2 is 1.83 bits per heavy atom. The Labute approximate surface area is 208 Å². The highest BCUT2D eigenvalue weighted by atomic mass is 32.1. The molecule has 0 bridgehead atoms. The standard InChI is InChI=1S/C27H24N4O3S/c1-33-17-24(32)29-19-10-12-20(13-11-19)31-26(25(30-27(31)35)21-9-5-6-16-28-21)23-15-14-22(34-23)18-7-3-2-4-8-18/h2-16,25-26H,17H2,1H3,(H,29,32)(H,30,35)/t25-,26+/m0/s1. The number of nitrogens with one attached hydrogen (secondary N) is 2. The number of benzene rings is 2. The number of rotatable bonds is 7. The SMILES string of the molecule is COCC(=O)Nc1ccc(N2C(=S)N[C@@H](c3ccccn3)[C@H]2c2ccc(-c3ccccc3)o2)cc1. The predicted molar refractivity (Wildman–Crippen MR) is 139 cm³/mol. The molecule has 2 aromatic heterocycles. The quantitative estimate of drug-likeness (QED) is 0.353. The topological polar surface area (TPSA) is 79.6 Å². The van der Waals surface area contributed by atoms with Crippen LogP contribution in [0.1, 0.15) is 23.5 Å². The van der Waals surface area contributed by atoms with Crippen molar-refractivity contribution in [3.63, 3.8) is 0 Å². The zero-order chi connectivity index (χ0) is 24.2. The summed E-state index contributed by atoms with van der Waals surface area (Å²) in [7, 11) is 1.49. The lowest BCUT2D eigenvalue weighted by atomic mass is 10.0. The van der Waals surface area contributed by atoms with Crippen molar-refractivity contribution in [2.75, 3.05) is 23.9 Å². The van der Waals surface area contributed by atoms with Crippen LogP contribution < -0.4 is 15.5 Å². The van der Waals surface area contributed by atoms with Crippen LogP contribution in [0.4, 0.5) is 11.4 Å². The Balaban J connectivity index is 1.50. The summed E-state index contributed by atoms with van der Waals surface area (Å²) >= 11 is 5.77. The zero-order valence-corrected chi connectivity index (χ0v) is 19.9. The van der Waals surface area contributed by atoms with Gasteiger partial charge in [0, 0.05) is 30.2 Å². The number of anilines is 2. The van der Waals surface area contributed by atoms with Crippen molar-refractivity contribution in [2.24, 2.45) is 0 Å². The number of ether oxygens (including phenoxy) is 1. The molecule has 1 fully saturated rings. The second-order valence-corrected chi connectivity index (χ2v) is 8.48. The molecule has 0 unspecified atom stereocenters. The Kier molecular flexibility index (Phi) is 6.56. The Hall–Kier alpha value is -4.01. The van der Waals surface area contributed by atoms with E-state index in [1.54, 1.807) is 6.20 Å². The fourth-order valence-corrected chi connectivity index (χ4v) is 4.57. The number of carbonyl (C=O) groups excluding carboxylic acids is 1. The monoisotopic (exact) mass is 484 g/mol. The van der Waals surface area contributed by atoms with Crippen LogP contribution in [0.15, 0.2) is 95.5 Å². The third-order valence-corrected chi connectivity index (χ3v) is 6.09. The van der Waals surface area contributed by atoms with Gasteiger partial charge in [-0.2, -0.15) is 0 Å². The number of amides is 1. The van der Waals surface area contributed by atoms with Crippen LogP contribution in [-0.2, 0) is 9.53 Å². The first-order valence-electron chi connectivity index (χ1n) is 11.2. The highest BCUT2D eigenvalue weighted by Gasteiger charge is 2.42. The minimum absolute atomic E-state index is 0.00203. The lowest BCUT2D eigenvalue weighted by Crippen LogP contribution is -2.29. The van der Waals surface area contributed by atoms with E-state index in [1.165, 1.54) is 7.11 Å². The van der Waals surface area contributed by atoms with Crippen molar-refractivity contribution in [1.82, 2.24) is 10.3 Å². The second-order valence-electron chi connectivity index (χ2n) is 8.09. The maximum atomic E-state index is 11.9. The summed E-state index contributed by atoms with van der Waals surface area (Å²) < 4.78 is 11.3. The van der Waals surface area contributed by atoms with Crippen molar-refractivity contribution in [1.29, 1.82) is 0 Å². The highest BCUT2D eigenvalue weighted by Crippen LogP contribution is 2.43. The molecule has 1 saturated heterocycles. The van der Waals surface area contributed by atoms with Crippen LogP contribution >= 0.6 is 12.2 Å². The van der Waals surface area contributed by atoms with Crippen molar-refractivity contribution in [2.45, 2.75) is 12.1 Å². The average Bonchev–Trinajstić information content (AvgIpc) is 3.50. The first-order valence-corrected chi connectivity index (χ1v) is 11.6. The molecule has 176 valence electrons.